The summed E-state index contributed by atoms with van der Waals surface area (Å²) in [5.41, 5.74) is 4.70. The first kappa shape index (κ1) is 22.2. The number of aromatic nitrogens is 1. The first-order chi connectivity index (χ1) is 16.1. The average Bonchev–Trinajstić information content (AvgIpc) is 3.55. The molecular weight excluding hydrogens is 440 g/mol. The van der Waals surface area contributed by atoms with E-state index in [0.29, 0.717) is 31.7 Å². The zero-order valence-corrected chi connectivity index (χ0v) is 19.7. The molecule has 176 valence electrons. The van der Waals surface area contributed by atoms with Crippen LogP contribution < -0.4 is 14.8 Å². The highest BCUT2D eigenvalue weighted by molar-refractivity contribution is 7.07. The van der Waals surface area contributed by atoms with Crippen molar-refractivity contribution in [1.29, 1.82) is 0 Å². The molecule has 1 aromatic carbocycles. The van der Waals surface area contributed by atoms with Crippen LogP contribution >= 0.6 is 11.3 Å². The van der Waals surface area contributed by atoms with Crippen LogP contribution in [0.4, 0.5) is 0 Å². The summed E-state index contributed by atoms with van der Waals surface area (Å²) < 4.78 is 11.3. The minimum atomic E-state index is -0.0348. The summed E-state index contributed by atoms with van der Waals surface area (Å²) in [6.45, 7) is 3.91. The standard InChI is InChI=1S/C24H30N4O4S/c1-27-6-2-5-25-23(29)9-19-12-28(24(30)20-13-33-14-26-20)11-17(19)4-3-16-7-21-22(32-15-31-21)8-18(16)10-27/h7-8,13-14,17,19H,2-6,9-12,15H2,1H3,(H,25,29)/t17-,19+/m1/s1. The maximum Gasteiger partial charge on any atom is 0.273 e. The fourth-order valence-electron chi connectivity index (χ4n) is 5.15. The van der Waals surface area contributed by atoms with Gasteiger partial charge in [-0.3, -0.25) is 9.59 Å². The molecule has 1 N–H and O–H groups in total. The van der Waals surface area contributed by atoms with Crippen molar-refractivity contribution in [3.05, 3.63) is 39.8 Å². The number of fused-ring (bicyclic) bond motifs is 3. The van der Waals surface area contributed by atoms with Gasteiger partial charge in [0.05, 0.1) is 5.51 Å². The lowest BCUT2D eigenvalue weighted by molar-refractivity contribution is -0.122. The van der Waals surface area contributed by atoms with Gasteiger partial charge in [0, 0.05) is 38.0 Å². The number of nitrogens with zero attached hydrogens (tertiary/aromatic N) is 3. The second kappa shape index (κ2) is 9.69. The van der Waals surface area contributed by atoms with Crippen LogP contribution in [0, 0.1) is 11.8 Å². The summed E-state index contributed by atoms with van der Waals surface area (Å²) in [6, 6.07) is 4.23. The number of aryl methyl sites for hydroxylation is 1. The lowest BCUT2D eigenvalue weighted by atomic mass is 9.86. The van der Waals surface area contributed by atoms with Crippen LogP contribution in [0.15, 0.2) is 23.0 Å². The third-order valence-electron chi connectivity index (χ3n) is 6.92. The Labute approximate surface area is 197 Å². The summed E-state index contributed by atoms with van der Waals surface area (Å²) in [5.74, 6) is 2.08. The molecule has 0 unspecified atom stereocenters. The van der Waals surface area contributed by atoms with E-state index in [1.807, 2.05) is 4.90 Å². The van der Waals surface area contributed by atoms with Crippen molar-refractivity contribution in [2.24, 2.45) is 11.8 Å². The summed E-state index contributed by atoms with van der Waals surface area (Å²) in [7, 11) is 2.11. The van der Waals surface area contributed by atoms with E-state index < -0.39 is 0 Å². The number of likely N-dealkylation sites (tertiary alicyclic amines) is 1. The number of amides is 2. The Morgan fingerprint density at radius 1 is 1.18 bits per heavy atom. The molecule has 2 aromatic rings. The number of hydrogen-bond donors (Lipinski definition) is 1. The van der Waals surface area contributed by atoms with Crippen molar-refractivity contribution in [2.45, 2.75) is 32.2 Å². The molecule has 33 heavy (non-hydrogen) atoms. The number of carbonyl (C=O) groups excluding carboxylic acids is 2. The van der Waals surface area contributed by atoms with Gasteiger partial charge in [-0.1, -0.05) is 0 Å². The number of carbonyl (C=O) groups is 2. The second-order valence-corrected chi connectivity index (χ2v) is 9.98. The van der Waals surface area contributed by atoms with E-state index in [2.05, 4.69) is 34.4 Å². The smallest absolute Gasteiger partial charge is 0.273 e. The molecule has 0 bridgehead atoms. The predicted octanol–water partition coefficient (Wildman–Crippen LogP) is 2.53. The van der Waals surface area contributed by atoms with Gasteiger partial charge < -0.3 is 24.6 Å². The van der Waals surface area contributed by atoms with Gasteiger partial charge in [0.25, 0.3) is 5.91 Å². The molecule has 0 aliphatic carbocycles. The first-order valence-electron chi connectivity index (χ1n) is 11.6. The number of benzene rings is 1. The lowest BCUT2D eigenvalue weighted by Gasteiger charge is -2.22. The summed E-state index contributed by atoms with van der Waals surface area (Å²) in [6.07, 6.45) is 3.14. The SMILES string of the molecule is CN1CCCNC(=O)C[C@H]2CN(C(=O)c3cscn3)C[C@H]2CCc2cc3c(cc2C1)OCO3. The summed E-state index contributed by atoms with van der Waals surface area (Å²) in [5, 5.41) is 4.87. The van der Waals surface area contributed by atoms with Gasteiger partial charge in [0.15, 0.2) is 11.5 Å². The fourth-order valence-corrected chi connectivity index (χ4v) is 5.67. The van der Waals surface area contributed by atoms with Crippen LogP contribution in [-0.4, -0.2) is 66.6 Å². The van der Waals surface area contributed by atoms with E-state index >= 15 is 0 Å². The van der Waals surface area contributed by atoms with Gasteiger partial charge in [0.2, 0.25) is 12.7 Å². The van der Waals surface area contributed by atoms with Gasteiger partial charge in [-0.05, 0) is 68.0 Å². The van der Waals surface area contributed by atoms with Crippen LogP contribution in [0.5, 0.6) is 11.5 Å². The van der Waals surface area contributed by atoms with Crippen molar-refractivity contribution < 1.29 is 19.1 Å². The first-order valence-corrected chi connectivity index (χ1v) is 12.5. The van der Waals surface area contributed by atoms with Crippen LogP contribution in [0.2, 0.25) is 0 Å². The third-order valence-corrected chi connectivity index (χ3v) is 7.51. The molecule has 2 atom stereocenters. The minimum Gasteiger partial charge on any atom is -0.454 e. The Bertz CT molecular complexity index is 1010. The zero-order valence-electron chi connectivity index (χ0n) is 18.9. The summed E-state index contributed by atoms with van der Waals surface area (Å²) in [4.78, 5) is 33.9. The van der Waals surface area contributed by atoms with Crippen molar-refractivity contribution in [3.8, 4) is 11.5 Å². The van der Waals surface area contributed by atoms with E-state index in [1.54, 1.807) is 10.9 Å². The van der Waals surface area contributed by atoms with Crippen LogP contribution in [-0.2, 0) is 17.8 Å². The highest BCUT2D eigenvalue weighted by Crippen LogP contribution is 2.37. The van der Waals surface area contributed by atoms with Gasteiger partial charge in [-0.15, -0.1) is 11.3 Å². The minimum absolute atomic E-state index is 0.0348. The number of ether oxygens (including phenoxy) is 2. The van der Waals surface area contributed by atoms with Crippen molar-refractivity contribution in [3.63, 3.8) is 0 Å². The monoisotopic (exact) mass is 470 g/mol. The van der Waals surface area contributed by atoms with E-state index in [4.69, 9.17) is 9.47 Å². The maximum atomic E-state index is 12.9. The van der Waals surface area contributed by atoms with Gasteiger partial charge >= 0.3 is 0 Å². The Kier molecular flexibility index (Phi) is 6.50. The van der Waals surface area contributed by atoms with Crippen LogP contribution in [0.25, 0.3) is 0 Å². The second-order valence-electron chi connectivity index (χ2n) is 9.26. The molecule has 0 saturated carbocycles. The summed E-state index contributed by atoms with van der Waals surface area (Å²) >= 11 is 1.43. The van der Waals surface area contributed by atoms with Crippen LogP contribution in [0.3, 0.4) is 0 Å². The lowest BCUT2D eigenvalue weighted by Crippen LogP contribution is -2.32. The molecule has 5 rings (SSSR count). The molecule has 1 saturated heterocycles. The number of hydrogen-bond acceptors (Lipinski definition) is 7. The van der Waals surface area contributed by atoms with Gasteiger partial charge in [0.1, 0.15) is 5.69 Å². The molecule has 9 heteroatoms. The largest absolute Gasteiger partial charge is 0.454 e. The Morgan fingerprint density at radius 3 is 2.76 bits per heavy atom. The molecule has 4 heterocycles. The molecular formula is C24H30N4O4S. The third kappa shape index (κ3) is 4.99. The number of nitrogens with one attached hydrogen (secondary N) is 1. The normalized spacial score (nSPS) is 24.0. The quantitative estimate of drug-likeness (QED) is 0.690. The Balaban J connectivity index is 1.38. The molecule has 3 aliphatic heterocycles. The van der Waals surface area contributed by atoms with Crippen LogP contribution in [0.1, 0.15) is 40.9 Å². The van der Waals surface area contributed by atoms with Crippen molar-refractivity contribution >= 4 is 23.2 Å². The Morgan fingerprint density at radius 2 is 1.97 bits per heavy atom. The van der Waals surface area contributed by atoms with E-state index in [-0.39, 0.29) is 30.4 Å². The molecule has 2 amide bonds. The molecule has 0 radical (unpaired) electrons. The van der Waals surface area contributed by atoms with Gasteiger partial charge in [-0.2, -0.15) is 0 Å². The van der Waals surface area contributed by atoms with Crippen molar-refractivity contribution in [2.75, 3.05) is 40.0 Å². The topological polar surface area (TPSA) is 84.0 Å². The molecule has 8 nitrogen and oxygen atoms in total. The highest BCUT2D eigenvalue weighted by Gasteiger charge is 2.37. The zero-order chi connectivity index (χ0) is 22.8. The molecule has 0 spiro atoms. The predicted molar refractivity (Wildman–Crippen MR) is 124 cm³/mol. The molecule has 1 aromatic heterocycles. The molecule has 3 aliphatic rings. The Hall–Kier alpha value is -2.65. The highest BCUT2D eigenvalue weighted by atomic mass is 32.1. The average molecular weight is 471 g/mol. The van der Waals surface area contributed by atoms with E-state index in [9.17, 15) is 9.59 Å². The van der Waals surface area contributed by atoms with Gasteiger partial charge in [-0.25, -0.2) is 4.98 Å². The van der Waals surface area contributed by atoms with E-state index in [0.717, 1.165) is 43.9 Å². The number of thiazole rings is 1. The van der Waals surface area contributed by atoms with E-state index in [1.165, 1.54) is 22.5 Å². The fraction of sp³-hybridized carbons (Fsp3) is 0.542. The number of rotatable bonds is 1. The molecule has 1 fully saturated rings. The van der Waals surface area contributed by atoms with Crippen molar-refractivity contribution in [1.82, 2.24) is 20.1 Å². The maximum absolute atomic E-state index is 12.9.